The van der Waals surface area contributed by atoms with Crippen LogP contribution in [-0.2, 0) is 10.0 Å². The number of carbonyl (C=O) groups excluding carboxylic acids is 1. The van der Waals surface area contributed by atoms with Gasteiger partial charge in [-0.1, -0.05) is 42.8 Å². The van der Waals surface area contributed by atoms with Gasteiger partial charge in [0.15, 0.2) is 17.3 Å². The summed E-state index contributed by atoms with van der Waals surface area (Å²) in [7, 11) is -0.691. The molecular formula is C32H29N5O5S. The van der Waals surface area contributed by atoms with Crippen molar-refractivity contribution >= 4 is 38.1 Å². The SMILES string of the molecule is CCC(=O)c1c(-c2ccc(C)cc2)oc2cc(N(C)S(C)(=O)=O)c(-c3cnc(OC)c(-c4nc5ccccn5n4)c3)cc12. The summed E-state index contributed by atoms with van der Waals surface area (Å²) in [5, 5.41) is 5.16. The zero-order chi connectivity index (χ0) is 30.5. The predicted molar refractivity (Wildman–Crippen MR) is 166 cm³/mol. The van der Waals surface area contributed by atoms with Gasteiger partial charge in [-0.05, 0) is 31.2 Å². The molecule has 218 valence electrons. The van der Waals surface area contributed by atoms with Crippen molar-refractivity contribution in [2.45, 2.75) is 20.3 Å². The Hall–Kier alpha value is -5.03. The van der Waals surface area contributed by atoms with Crippen LogP contribution in [0.4, 0.5) is 5.69 Å². The van der Waals surface area contributed by atoms with E-state index in [9.17, 15) is 13.2 Å². The number of hydrogen-bond acceptors (Lipinski definition) is 8. The van der Waals surface area contributed by atoms with Crippen molar-refractivity contribution in [2.75, 3.05) is 24.7 Å². The fraction of sp³-hybridized carbons (Fsp3) is 0.188. The van der Waals surface area contributed by atoms with Crippen LogP contribution in [0.25, 0.3) is 50.5 Å². The average Bonchev–Trinajstić information content (AvgIpc) is 3.61. The zero-order valence-electron chi connectivity index (χ0n) is 24.3. The van der Waals surface area contributed by atoms with E-state index in [4.69, 9.17) is 9.15 Å². The molecule has 0 saturated heterocycles. The van der Waals surface area contributed by atoms with Crippen LogP contribution < -0.4 is 9.04 Å². The summed E-state index contributed by atoms with van der Waals surface area (Å²) in [4.78, 5) is 22.5. The Balaban J connectivity index is 1.64. The zero-order valence-corrected chi connectivity index (χ0v) is 25.1. The van der Waals surface area contributed by atoms with Crippen molar-refractivity contribution in [3.63, 3.8) is 0 Å². The maximum Gasteiger partial charge on any atom is 0.232 e. The molecule has 43 heavy (non-hydrogen) atoms. The lowest BCUT2D eigenvalue weighted by molar-refractivity contribution is 0.0989. The molecule has 0 aliphatic carbocycles. The first-order chi connectivity index (χ1) is 20.6. The molecule has 4 aromatic heterocycles. The van der Waals surface area contributed by atoms with E-state index < -0.39 is 10.0 Å². The number of aryl methyl sites for hydroxylation is 1. The lowest BCUT2D eigenvalue weighted by atomic mass is 9.96. The number of hydrogen-bond donors (Lipinski definition) is 0. The number of ketones is 1. The van der Waals surface area contributed by atoms with E-state index in [0.29, 0.717) is 62.0 Å². The van der Waals surface area contributed by atoms with Crippen LogP contribution in [0.15, 0.2) is 77.5 Å². The Bertz CT molecular complexity index is 2100. The summed E-state index contributed by atoms with van der Waals surface area (Å²) in [5.41, 5.74) is 5.30. The van der Waals surface area contributed by atoms with Crippen molar-refractivity contribution in [3.8, 4) is 39.7 Å². The van der Waals surface area contributed by atoms with Gasteiger partial charge in [-0.2, -0.15) is 0 Å². The summed E-state index contributed by atoms with van der Waals surface area (Å²) in [6.45, 7) is 3.79. The number of aromatic nitrogens is 4. The second-order valence-electron chi connectivity index (χ2n) is 10.3. The van der Waals surface area contributed by atoms with Crippen LogP contribution in [-0.4, -0.2) is 54.2 Å². The largest absolute Gasteiger partial charge is 0.480 e. The minimum absolute atomic E-state index is 0.0908. The Morgan fingerprint density at radius 1 is 1.05 bits per heavy atom. The number of nitrogens with zero attached hydrogens (tertiary/aromatic N) is 5. The van der Waals surface area contributed by atoms with Crippen LogP contribution in [0.5, 0.6) is 5.88 Å². The van der Waals surface area contributed by atoms with E-state index in [0.717, 1.165) is 17.4 Å². The highest BCUT2D eigenvalue weighted by molar-refractivity contribution is 7.92. The molecule has 0 unspecified atom stereocenters. The van der Waals surface area contributed by atoms with Crippen molar-refractivity contribution in [3.05, 3.63) is 84.2 Å². The first kappa shape index (κ1) is 28.1. The maximum absolute atomic E-state index is 13.4. The van der Waals surface area contributed by atoms with Crippen LogP contribution in [0, 0.1) is 6.92 Å². The molecule has 0 spiro atoms. The summed E-state index contributed by atoms with van der Waals surface area (Å²) in [6, 6.07) is 18.5. The first-order valence-corrected chi connectivity index (χ1v) is 15.4. The number of pyridine rings is 2. The van der Waals surface area contributed by atoms with E-state index >= 15 is 0 Å². The highest BCUT2D eigenvalue weighted by Gasteiger charge is 2.26. The van der Waals surface area contributed by atoms with Gasteiger partial charge in [0.25, 0.3) is 0 Å². The topological polar surface area (TPSA) is 120 Å². The molecule has 0 aliphatic rings. The fourth-order valence-corrected chi connectivity index (χ4v) is 5.54. The van der Waals surface area contributed by atoms with Crippen LogP contribution in [0.3, 0.4) is 0 Å². The summed E-state index contributed by atoms with van der Waals surface area (Å²) in [6.07, 6.45) is 4.79. The third-order valence-electron chi connectivity index (χ3n) is 7.39. The maximum atomic E-state index is 13.4. The molecule has 0 atom stereocenters. The molecule has 6 aromatic rings. The molecule has 0 aliphatic heterocycles. The molecule has 0 fully saturated rings. The predicted octanol–water partition coefficient (Wildman–Crippen LogP) is 6.18. The second kappa shape index (κ2) is 10.7. The van der Waals surface area contributed by atoms with E-state index in [1.54, 1.807) is 36.0 Å². The monoisotopic (exact) mass is 595 g/mol. The van der Waals surface area contributed by atoms with E-state index in [-0.39, 0.29) is 12.2 Å². The smallest absolute Gasteiger partial charge is 0.232 e. The number of carbonyl (C=O) groups is 1. The van der Waals surface area contributed by atoms with Gasteiger partial charge in [-0.15, -0.1) is 5.10 Å². The third kappa shape index (κ3) is 5.01. The lowest BCUT2D eigenvalue weighted by Gasteiger charge is -2.21. The molecule has 0 bridgehead atoms. The highest BCUT2D eigenvalue weighted by atomic mass is 32.2. The Kier molecular flexibility index (Phi) is 6.97. The number of Topliss-reactive ketones (excluding diaryl/α,β-unsaturated/α-hetero) is 1. The van der Waals surface area contributed by atoms with Gasteiger partial charge in [0.05, 0.1) is 30.2 Å². The molecule has 0 N–H and O–H groups in total. The molecule has 0 radical (unpaired) electrons. The Morgan fingerprint density at radius 3 is 2.49 bits per heavy atom. The van der Waals surface area contributed by atoms with Gasteiger partial charge in [0, 0.05) is 54.0 Å². The van der Waals surface area contributed by atoms with Gasteiger partial charge < -0.3 is 9.15 Å². The van der Waals surface area contributed by atoms with E-state index in [2.05, 4.69) is 15.1 Å². The van der Waals surface area contributed by atoms with Gasteiger partial charge in [-0.25, -0.2) is 22.9 Å². The minimum atomic E-state index is -3.68. The highest BCUT2D eigenvalue weighted by Crippen LogP contribution is 2.43. The third-order valence-corrected chi connectivity index (χ3v) is 8.59. The molecule has 10 nitrogen and oxygen atoms in total. The number of rotatable bonds is 8. The summed E-state index contributed by atoms with van der Waals surface area (Å²) >= 11 is 0. The van der Waals surface area contributed by atoms with Gasteiger partial charge in [-0.3, -0.25) is 9.10 Å². The quantitative estimate of drug-likeness (QED) is 0.191. The number of methoxy groups -OCH3 is 1. The van der Waals surface area contributed by atoms with Gasteiger partial charge in [0.2, 0.25) is 15.9 Å². The molecule has 0 saturated carbocycles. The number of anilines is 1. The number of fused-ring (bicyclic) bond motifs is 2. The number of benzene rings is 2. The molecule has 6 rings (SSSR count). The lowest BCUT2D eigenvalue weighted by Crippen LogP contribution is -2.25. The van der Waals surface area contributed by atoms with Gasteiger partial charge in [0.1, 0.15) is 11.3 Å². The molecule has 2 aromatic carbocycles. The minimum Gasteiger partial charge on any atom is -0.480 e. The number of furan rings is 1. The van der Waals surface area contributed by atoms with Crippen molar-refractivity contribution < 1.29 is 22.4 Å². The normalized spacial score (nSPS) is 11.7. The van der Waals surface area contributed by atoms with Gasteiger partial charge >= 0.3 is 0 Å². The first-order valence-electron chi connectivity index (χ1n) is 13.6. The van der Waals surface area contributed by atoms with Crippen molar-refractivity contribution in [2.24, 2.45) is 0 Å². The van der Waals surface area contributed by atoms with E-state index in [1.807, 2.05) is 55.5 Å². The van der Waals surface area contributed by atoms with Crippen molar-refractivity contribution in [1.29, 1.82) is 0 Å². The average molecular weight is 596 g/mol. The van der Waals surface area contributed by atoms with Crippen LogP contribution in [0.2, 0.25) is 0 Å². The van der Waals surface area contributed by atoms with Crippen LogP contribution >= 0.6 is 0 Å². The summed E-state index contributed by atoms with van der Waals surface area (Å²) < 4.78 is 40.3. The number of sulfonamides is 1. The molecule has 11 heteroatoms. The second-order valence-corrected chi connectivity index (χ2v) is 12.3. The molecule has 4 heterocycles. The molecule has 0 amide bonds. The fourth-order valence-electron chi connectivity index (χ4n) is 5.03. The Morgan fingerprint density at radius 2 is 1.81 bits per heavy atom. The molecular weight excluding hydrogens is 566 g/mol. The Labute approximate surface area is 248 Å². The summed E-state index contributed by atoms with van der Waals surface area (Å²) in [5.74, 6) is 1.05. The van der Waals surface area contributed by atoms with Crippen LogP contribution in [0.1, 0.15) is 29.3 Å². The number of ether oxygens (including phenoxy) is 1. The van der Waals surface area contributed by atoms with E-state index in [1.165, 1.54) is 18.5 Å². The standard InChI is InChI=1S/C32H29N5O5S/c1-6-26(38)29-23-16-22(21-15-24(32(41-4)33-18-21)31-34-28-9-7-8-14-37(28)35-31)25(36(3)43(5,39)40)17-27(23)42-30(29)20-12-10-19(2)11-13-20/h7-18H,6H2,1-5H3. The van der Waals surface area contributed by atoms with Crippen molar-refractivity contribution in [1.82, 2.24) is 19.6 Å².